The fourth-order valence-corrected chi connectivity index (χ4v) is 2.84. The molecule has 0 aliphatic carbocycles. The third kappa shape index (κ3) is 5.00. The Kier molecular flexibility index (Phi) is 6.05. The maximum absolute atomic E-state index is 9.89. The van der Waals surface area contributed by atoms with Gasteiger partial charge in [0.1, 0.15) is 11.5 Å². The summed E-state index contributed by atoms with van der Waals surface area (Å²) in [4.78, 5) is 0. The number of allylic oxidation sites excluding steroid dienone is 1. The molecule has 2 atom stereocenters. The van der Waals surface area contributed by atoms with E-state index in [1.54, 1.807) is 12.1 Å². The van der Waals surface area contributed by atoms with Crippen molar-refractivity contribution in [3.63, 3.8) is 0 Å². The van der Waals surface area contributed by atoms with Gasteiger partial charge in [0.15, 0.2) is 0 Å². The van der Waals surface area contributed by atoms with Crippen LogP contribution in [-0.4, -0.2) is 22.4 Å². The lowest BCUT2D eigenvalue weighted by Crippen LogP contribution is -2.08. The maximum Gasteiger partial charge on any atom is 0.120 e. The van der Waals surface area contributed by atoms with Gasteiger partial charge in [-0.15, -0.1) is 0 Å². The van der Waals surface area contributed by atoms with Crippen LogP contribution in [0.1, 0.15) is 49.3 Å². The number of aromatic hydroxyl groups is 1. The van der Waals surface area contributed by atoms with E-state index in [2.05, 4.69) is 12.7 Å². The van der Waals surface area contributed by atoms with E-state index in [4.69, 9.17) is 4.74 Å². The molecule has 0 aromatic heterocycles. The number of ether oxygens (including phenoxy) is 1. The van der Waals surface area contributed by atoms with Gasteiger partial charge in [-0.25, -0.2) is 0 Å². The third-order valence-corrected chi connectivity index (χ3v) is 3.97. The first-order valence-corrected chi connectivity index (χ1v) is 8.18. The van der Waals surface area contributed by atoms with Crippen LogP contribution in [0, 0.1) is 6.92 Å². The quantitative estimate of drug-likeness (QED) is 0.689. The lowest BCUT2D eigenvalue weighted by molar-refractivity contribution is 0.186. The molecule has 0 fully saturated rings. The fraction of sp³-hybridized carbons (Fsp3) is 0.400. The van der Waals surface area contributed by atoms with E-state index in [9.17, 15) is 10.2 Å². The molecular formula is C20H26O3. The zero-order valence-electron chi connectivity index (χ0n) is 14.0. The molecule has 1 heterocycles. The van der Waals surface area contributed by atoms with Gasteiger partial charge in [-0.05, 0) is 56.4 Å². The molecule has 1 aromatic carbocycles. The predicted molar refractivity (Wildman–Crippen MR) is 95.1 cm³/mol. The normalized spacial score (nSPS) is 25.8. The molecule has 0 radical (unpaired) electrons. The second kappa shape index (κ2) is 8.02. The molecule has 3 heteroatoms. The number of aliphatic hydroxyl groups is 1. The molecule has 3 nitrogen and oxygen atoms in total. The molecule has 1 aliphatic heterocycles. The molecule has 1 aliphatic rings. The summed E-state index contributed by atoms with van der Waals surface area (Å²) >= 11 is 0. The summed E-state index contributed by atoms with van der Waals surface area (Å²) < 4.78 is 5.93. The predicted octanol–water partition coefficient (Wildman–Crippen LogP) is 4.58. The van der Waals surface area contributed by atoms with Crippen molar-refractivity contribution >= 4 is 11.8 Å². The lowest BCUT2D eigenvalue weighted by atomic mass is 9.98. The SMILES string of the molecule is C=C1OC(C)C/C=C/[C@H](O)CCC/C=C/c2cc(O)cc(C)c21. The zero-order valence-corrected chi connectivity index (χ0v) is 14.0. The Hall–Kier alpha value is -2.00. The number of benzene rings is 1. The second-order valence-electron chi connectivity index (χ2n) is 6.14. The van der Waals surface area contributed by atoms with E-state index in [-0.39, 0.29) is 11.9 Å². The molecule has 23 heavy (non-hydrogen) atoms. The molecular weight excluding hydrogens is 288 g/mol. The van der Waals surface area contributed by atoms with Gasteiger partial charge in [0, 0.05) is 12.0 Å². The first-order valence-electron chi connectivity index (χ1n) is 8.18. The van der Waals surface area contributed by atoms with Crippen molar-refractivity contribution < 1.29 is 14.9 Å². The Bertz CT molecular complexity index is 614. The van der Waals surface area contributed by atoms with E-state index in [1.807, 2.05) is 32.1 Å². The van der Waals surface area contributed by atoms with Crippen LogP contribution in [-0.2, 0) is 4.74 Å². The Morgan fingerprint density at radius 2 is 2.04 bits per heavy atom. The Morgan fingerprint density at radius 1 is 1.26 bits per heavy atom. The molecule has 124 valence electrons. The minimum atomic E-state index is -0.402. The maximum atomic E-state index is 9.89. The molecule has 0 spiro atoms. The van der Waals surface area contributed by atoms with Crippen molar-refractivity contribution in [2.75, 3.05) is 0 Å². The largest absolute Gasteiger partial charge is 0.508 e. The molecule has 1 aromatic rings. The van der Waals surface area contributed by atoms with Crippen LogP contribution in [0.25, 0.3) is 11.8 Å². The standard InChI is InChI=1S/C20H26O3/c1-14-12-19(22)13-17-9-5-4-6-10-18(21)11-7-8-15(2)23-16(3)20(14)17/h5,7,9,11-13,15,18,21-22H,3-4,6,8,10H2,1-2H3/b9-5+,11-7+/t15?,18-/m1/s1. The van der Waals surface area contributed by atoms with Crippen molar-refractivity contribution in [2.24, 2.45) is 0 Å². The highest BCUT2D eigenvalue weighted by atomic mass is 16.5. The van der Waals surface area contributed by atoms with Gasteiger partial charge in [0.25, 0.3) is 0 Å². The van der Waals surface area contributed by atoms with Crippen LogP contribution in [0.5, 0.6) is 5.75 Å². The van der Waals surface area contributed by atoms with Gasteiger partial charge in [0.2, 0.25) is 0 Å². The Labute approximate surface area is 138 Å². The van der Waals surface area contributed by atoms with Gasteiger partial charge >= 0.3 is 0 Å². The van der Waals surface area contributed by atoms with E-state index in [1.165, 1.54) is 0 Å². The fourth-order valence-electron chi connectivity index (χ4n) is 2.84. The van der Waals surface area contributed by atoms with Crippen molar-refractivity contribution in [2.45, 2.75) is 51.7 Å². The minimum absolute atomic E-state index is 0.0288. The van der Waals surface area contributed by atoms with E-state index >= 15 is 0 Å². The lowest BCUT2D eigenvalue weighted by Gasteiger charge is -2.19. The number of phenolic OH excluding ortho intramolecular Hbond substituents is 1. The van der Waals surface area contributed by atoms with E-state index in [0.29, 0.717) is 5.76 Å². The topological polar surface area (TPSA) is 49.7 Å². The number of aliphatic hydroxyl groups excluding tert-OH is 1. The molecule has 0 amide bonds. The number of fused-ring (bicyclic) bond motifs is 1. The van der Waals surface area contributed by atoms with Gasteiger partial charge in [-0.3, -0.25) is 0 Å². The smallest absolute Gasteiger partial charge is 0.120 e. The van der Waals surface area contributed by atoms with Crippen molar-refractivity contribution in [3.8, 4) is 5.75 Å². The third-order valence-electron chi connectivity index (χ3n) is 3.97. The highest BCUT2D eigenvalue weighted by Gasteiger charge is 2.13. The van der Waals surface area contributed by atoms with Gasteiger partial charge in [0.05, 0.1) is 12.2 Å². The number of hydrogen-bond donors (Lipinski definition) is 2. The van der Waals surface area contributed by atoms with Gasteiger partial charge in [-0.2, -0.15) is 0 Å². The Morgan fingerprint density at radius 3 is 2.83 bits per heavy atom. The summed E-state index contributed by atoms with van der Waals surface area (Å²) in [5.41, 5.74) is 2.79. The van der Waals surface area contributed by atoms with Gasteiger partial charge in [-0.1, -0.05) is 30.9 Å². The molecule has 2 N–H and O–H groups in total. The van der Waals surface area contributed by atoms with Crippen molar-refractivity contribution in [1.29, 1.82) is 0 Å². The van der Waals surface area contributed by atoms with Crippen LogP contribution in [0.4, 0.5) is 0 Å². The van der Waals surface area contributed by atoms with Crippen LogP contribution in [0.15, 0.2) is 36.9 Å². The molecule has 0 saturated carbocycles. The van der Waals surface area contributed by atoms with Crippen LogP contribution >= 0.6 is 0 Å². The summed E-state index contributed by atoms with van der Waals surface area (Å²) in [7, 11) is 0. The zero-order chi connectivity index (χ0) is 16.8. The second-order valence-corrected chi connectivity index (χ2v) is 6.14. The molecule has 2 rings (SSSR count). The van der Waals surface area contributed by atoms with Gasteiger partial charge < -0.3 is 14.9 Å². The Balaban J connectivity index is 2.34. The average Bonchev–Trinajstić information content (AvgIpc) is 2.45. The highest BCUT2D eigenvalue weighted by molar-refractivity contribution is 5.73. The number of aryl methyl sites for hydroxylation is 1. The molecule has 0 saturated heterocycles. The number of phenols is 1. The summed E-state index contributed by atoms with van der Waals surface area (Å²) in [6.07, 6.45) is 10.7. The minimum Gasteiger partial charge on any atom is -0.508 e. The van der Waals surface area contributed by atoms with Crippen molar-refractivity contribution in [1.82, 2.24) is 0 Å². The first-order chi connectivity index (χ1) is 11.0. The van der Waals surface area contributed by atoms with Crippen molar-refractivity contribution in [3.05, 3.63) is 53.6 Å². The number of hydrogen-bond acceptors (Lipinski definition) is 3. The highest BCUT2D eigenvalue weighted by Crippen LogP contribution is 2.30. The van der Waals surface area contributed by atoms with Crippen LogP contribution in [0.3, 0.4) is 0 Å². The summed E-state index contributed by atoms with van der Waals surface area (Å²) in [5.74, 6) is 0.854. The summed E-state index contributed by atoms with van der Waals surface area (Å²) in [5, 5.41) is 19.8. The average molecular weight is 314 g/mol. The summed E-state index contributed by atoms with van der Waals surface area (Å²) in [6.45, 7) is 8.00. The van der Waals surface area contributed by atoms with E-state index < -0.39 is 6.10 Å². The van der Waals surface area contributed by atoms with Crippen LogP contribution in [0.2, 0.25) is 0 Å². The van der Waals surface area contributed by atoms with E-state index in [0.717, 1.165) is 42.4 Å². The molecule has 0 bridgehead atoms. The molecule has 1 unspecified atom stereocenters. The first kappa shape index (κ1) is 17.4. The number of rotatable bonds is 0. The summed E-state index contributed by atoms with van der Waals surface area (Å²) in [6, 6.07) is 3.46. The monoisotopic (exact) mass is 314 g/mol. The van der Waals surface area contributed by atoms with Crippen LogP contribution < -0.4 is 0 Å².